The van der Waals surface area contributed by atoms with Crippen molar-refractivity contribution in [2.45, 2.75) is 26.6 Å². The van der Waals surface area contributed by atoms with E-state index in [0.29, 0.717) is 22.6 Å². The van der Waals surface area contributed by atoms with Gasteiger partial charge >= 0.3 is 6.18 Å². The zero-order valence-corrected chi connectivity index (χ0v) is 18.5. The van der Waals surface area contributed by atoms with Crippen LogP contribution in [0.4, 0.5) is 18.9 Å². The number of alkyl halides is 3. The van der Waals surface area contributed by atoms with Crippen LogP contribution in [-0.4, -0.2) is 36.4 Å². The number of thiophene rings is 1. The van der Waals surface area contributed by atoms with E-state index in [1.165, 1.54) is 15.6 Å². The molecule has 2 amide bonds. The number of aryl methyl sites for hydroxylation is 2. The van der Waals surface area contributed by atoms with E-state index < -0.39 is 23.7 Å². The van der Waals surface area contributed by atoms with Gasteiger partial charge in [0, 0.05) is 29.9 Å². The van der Waals surface area contributed by atoms with Gasteiger partial charge in [-0.05, 0) is 31.0 Å². The van der Waals surface area contributed by atoms with Crippen molar-refractivity contribution in [2.24, 2.45) is 12.8 Å². The Labute approximate surface area is 189 Å². The average molecular weight is 477 g/mol. The standard InChI is InChI=1S/C20H18F3N7O2S/c1-9-5-26-30(7-9)8-14(31)28-16-15-11(12-6-25-29(3)10(12)2)4-13(20(21,22)23)27-19(15)33-17(16)18(24)32/h4-7H,8H2,1-3H3,(H2,24,32)(H,28,31). The maximum Gasteiger partial charge on any atom is 0.433 e. The fourth-order valence-corrected chi connectivity index (χ4v) is 4.40. The number of aromatic nitrogens is 5. The maximum absolute atomic E-state index is 13.6. The number of hydrogen-bond acceptors (Lipinski definition) is 6. The van der Waals surface area contributed by atoms with Crippen molar-refractivity contribution in [3.63, 3.8) is 0 Å². The van der Waals surface area contributed by atoms with Crippen LogP contribution in [-0.2, 0) is 24.6 Å². The van der Waals surface area contributed by atoms with Gasteiger partial charge in [-0.2, -0.15) is 23.4 Å². The number of halogens is 3. The fourth-order valence-electron chi connectivity index (χ4n) is 3.39. The summed E-state index contributed by atoms with van der Waals surface area (Å²) in [5.74, 6) is -1.43. The zero-order chi connectivity index (χ0) is 24.1. The summed E-state index contributed by atoms with van der Waals surface area (Å²) in [7, 11) is 1.65. The van der Waals surface area contributed by atoms with Crippen LogP contribution in [0.2, 0.25) is 0 Å². The minimum absolute atomic E-state index is 0.0101. The number of nitrogens with one attached hydrogen (secondary N) is 1. The predicted octanol–water partition coefficient (Wildman–Crippen LogP) is 3.27. The Morgan fingerprint density at radius 2 is 1.91 bits per heavy atom. The molecule has 33 heavy (non-hydrogen) atoms. The number of nitrogens with two attached hydrogens (primary N) is 1. The molecule has 0 unspecified atom stereocenters. The lowest BCUT2D eigenvalue weighted by Crippen LogP contribution is -2.21. The van der Waals surface area contributed by atoms with E-state index in [1.54, 1.807) is 26.4 Å². The molecule has 9 nitrogen and oxygen atoms in total. The van der Waals surface area contributed by atoms with Crippen LogP contribution >= 0.6 is 11.3 Å². The summed E-state index contributed by atoms with van der Waals surface area (Å²) in [5, 5.41) is 11.0. The van der Waals surface area contributed by atoms with E-state index in [-0.39, 0.29) is 32.9 Å². The molecule has 4 aromatic rings. The quantitative estimate of drug-likeness (QED) is 0.457. The summed E-state index contributed by atoms with van der Waals surface area (Å²) in [4.78, 5) is 28.4. The summed E-state index contributed by atoms with van der Waals surface area (Å²) in [5.41, 5.74) is 6.35. The molecule has 0 aliphatic rings. The van der Waals surface area contributed by atoms with Gasteiger partial charge in [0.1, 0.15) is 21.9 Å². The molecule has 0 spiro atoms. The van der Waals surface area contributed by atoms with E-state index in [2.05, 4.69) is 20.5 Å². The van der Waals surface area contributed by atoms with Crippen LogP contribution in [0.5, 0.6) is 0 Å². The van der Waals surface area contributed by atoms with Gasteiger partial charge in [-0.3, -0.25) is 19.0 Å². The van der Waals surface area contributed by atoms with Crippen LogP contribution in [0, 0.1) is 13.8 Å². The van der Waals surface area contributed by atoms with Gasteiger partial charge in [0.15, 0.2) is 0 Å². The highest BCUT2D eigenvalue weighted by molar-refractivity contribution is 7.21. The SMILES string of the molecule is Cc1cnn(CC(=O)Nc2c(C(N)=O)sc3nc(C(F)(F)F)cc(-c4cnn(C)c4C)c23)c1. The molecule has 0 fully saturated rings. The monoisotopic (exact) mass is 477 g/mol. The first-order valence-electron chi connectivity index (χ1n) is 9.58. The van der Waals surface area contributed by atoms with Gasteiger partial charge < -0.3 is 11.1 Å². The number of amides is 2. The average Bonchev–Trinajstić information content (AvgIpc) is 3.39. The lowest BCUT2D eigenvalue weighted by Gasteiger charge is -2.12. The Kier molecular flexibility index (Phi) is 5.44. The Balaban J connectivity index is 1.93. The summed E-state index contributed by atoms with van der Waals surface area (Å²) < 4.78 is 43.7. The van der Waals surface area contributed by atoms with Crippen molar-refractivity contribution < 1.29 is 22.8 Å². The third kappa shape index (κ3) is 4.18. The van der Waals surface area contributed by atoms with Gasteiger partial charge in [0.05, 0.1) is 18.1 Å². The summed E-state index contributed by atoms with van der Waals surface area (Å²) in [6.45, 7) is 3.34. The second-order valence-electron chi connectivity index (χ2n) is 7.43. The second-order valence-corrected chi connectivity index (χ2v) is 8.43. The highest BCUT2D eigenvalue weighted by Crippen LogP contribution is 2.44. The molecule has 0 aromatic carbocycles. The van der Waals surface area contributed by atoms with E-state index in [9.17, 15) is 22.8 Å². The number of hydrogen-bond donors (Lipinski definition) is 2. The van der Waals surface area contributed by atoms with E-state index in [4.69, 9.17) is 5.73 Å². The Morgan fingerprint density at radius 1 is 1.18 bits per heavy atom. The zero-order valence-electron chi connectivity index (χ0n) is 17.7. The van der Waals surface area contributed by atoms with Gasteiger partial charge in [0.25, 0.3) is 5.91 Å². The second kappa shape index (κ2) is 7.99. The van der Waals surface area contributed by atoms with E-state index in [1.807, 2.05) is 6.92 Å². The number of nitrogens with zero attached hydrogens (tertiary/aromatic N) is 5. The number of anilines is 1. The van der Waals surface area contributed by atoms with Crippen molar-refractivity contribution in [1.82, 2.24) is 24.5 Å². The highest BCUT2D eigenvalue weighted by Gasteiger charge is 2.35. The van der Waals surface area contributed by atoms with Crippen molar-refractivity contribution in [3.05, 3.63) is 46.5 Å². The maximum atomic E-state index is 13.6. The Morgan fingerprint density at radius 3 is 2.45 bits per heavy atom. The number of carbonyl (C=O) groups is 2. The van der Waals surface area contributed by atoms with Gasteiger partial charge in [-0.15, -0.1) is 11.3 Å². The molecule has 4 heterocycles. The minimum Gasteiger partial charge on any atom is -0.365 e. The van der Waals surface area contributed by atoms with Crippen LogP contribution in [0.15, 0.2) is 24.7 Å². The lowest BCUT2D eigenvalue weighted by atomic mass is 10.0. The first-order chi connectivity index (χ1) is 15.5. The number of primary amides is 1. The topological polar surface area (TPSA) is 121 Å². The molecule has 0 atom stereocenters. The molecule has 4 rings (SSSR count). The molecule has 172 valence electrons. The fraction of sp³-hybridized carbons (Fsp3) is 0.250. The molecular weight excluding hydrogens is 459 g/mol. The molecule has 0 saturated heterocycles. The molecule has 4 aromatic heterocycles. The van der Waals surface area contributed by atoms with Crippen molar-refractivity contribution in [2.75, 3.05) is 5.32 Å². The molecule has 0 bridgehead atoms. The van der Waals surface area contributed by atoms with Crippen LogP contribution in [0.3, 0.4) is 0 Å². The highest BCUT2D eigenvalue weighted by atomic mass is 32.1. The molecule has 0 radical (unpaired) electrons. The van der Waals surface area contributed by atoms with E-state index in [0.717, 1.165) is 11.6 Å². The third-order valence-corrected chi connectivity index (χ3v) is 6.13. The van der Waals surface area contributed by atoms with Gasteiger partial charge in [-0.1, -0.05) is 0 Å². The molecule has 3 N–H and O–H groups in total. The first-order valence-corrected chi connectivity index (χ1v) is 10.4. The molecule has 0 aliphatic carbocycles. The summed E-state index contributed by atoms with van der Waals surface area (Å²) >= 11 is 0.686. The first kappa shape index (κ1) is 22.5. The van der Waals surface area contributed by atoms with E-state index >= 15 is 0 Å². The smallest absolute Gasteiger partial charge is 0.365 e. The van der Waals surface area contributed by atoms with Crippen molar-refractivity contribution in [1.29, 1.82) is 0 Å². The van der Waals surface area contributed by atoms with Crippen molar-refractivity contribution in [3.8, 4) is 11.1 Å². The summed E-state index contributed by atoms with van der Waals surface area (Å²) in [6, 6.07) is 0.885. The number of carbonyl (C=O) groups excluding carboxylic acids is 2. The number of fused-ring (bicyclic) bond motifs is 1. The summed E-state index contributed by atoms with van der Waals surface area (Å²) in [6.07, 6.45) is -0.0723. The minimum atomic E-state index is -4.72. The molecular formula is C20H18F3N7O2S. The number of pyridine rings is 1. The largest absolute Gasteiger partial charge is 0.433 e. The third-order valence-electron chi connectivity index (χ3n) is 5.03. The number of rotatable bonds is 5. The van der Waals surface area contributed by atoms with Crippen LogP contribution in [0.25, 0.3) is 21.3 Å². The normalized spacial score (nSPS) is 11.8. The van der Waals surface area contributed by atoms with Gasteiger partial charge in [-0.25, -0.2) is 4.98 Å². The predicted molar refractivity (Wildman–Crippen MR) is 116 cm³/mol. The molecule has 0 aliphatic heterocycles. The molecule has 0 saturated carbocycles. The van der Waals surface area contributed by atoms with Crippen LogP contribution in [0.1, 0.15) is 26.6 Å². The Bertz CT molecular complexity index is 1400. The van der Waals surface area contributed by atoms with Crippen molar-refractivity contribution >= 4 is 39.1 Å². The van der Waals surface area contributed by atoms with Crippen LogP contribution < -0.4 is 11.1 Å². The molecule has 13 heteroatoms. The Hall–Kier alpha value is -3.74. The van der Waals surface area contributed by atoms with Gasteiger partial charge in [0.2, 0.25) is 5.91 Å². The lowest BCUT2D eigenvalue weighted by molar-refractivity contribution is -0.140.